The average molecular weight is 415 g/mol. The van der Waals surface area contributed by atoms with Crippen LogP contribution in [0.4, 0.5) is 11.6 Å². The molecule has 1 aromatic carbocycles. The number of rotatable bonds is 7. The molecule has 1 saturated carbocycles. The summed E-state index contributed by atoms with van der Waals surface area (Å²) in [6.07, 6.45) is 6.20. The number of aliphatic hydroxyl groups excluding tert-OH is 1. The first-order chi connectivity index (χ1) is 13.6. The van der Waals surface area contributed by atoms with Crippen molar-refractivity contribution in [2.24, 2.45) is 0 Å². The lowest BCUT2D eigenvalue weighted by Gasteiger charge is -2.34. The normalized spacial score (nSPS) is 15.2. The molecule has 146 valence electrons. The molecule has 2 aromatic heterocycles. The fourth-order valence-electron chi connectivity index (χ4n) is 3.11. The molecule has 1 fully saturated rings. The summed E-state index contributed by atoms with van der Waals surface area (Å²) < 4.78 is 0. The van der Waals surface area contributed by atoms with E-state index in [1.165, 1.54) is 11.8 Å². The largest absolute Gasteiger partial charge is 0.396 e. The van der Waals surface area contributed by atoms with E-state index in [0.29, 0.717) is 11.7 Å². The maximum Gasteiger partial charge on any atom is 0.228 e. The molecule has 3 aromatic rings. The maximum atomic E-state index is 10.5. The van der Waals surface area contributed by atoms with E-state index in [9.17, 15) is 5.11 Å². The second kappa shape index (κ2) is 8.16. The number of benzene rings is 1. The molecule has 8 heteroatoms. The molecule has 1 aliphatic rings. The van der Waals surface area contributed by atoms with E-state index in [4.69, 9.17) is 5.11 Å². The van der Waals surface area contributed by atoms with Crippen molar-refractivity contribution >= 4 is 34.7 Å². The summed E-state index contributed by atoms with van der Waals surface area (Å²) in [5.74, 6) is 1.12. The van der Waals surface area contributed by atoms with Crippen LogP contribution in [0.3, 0.4) is 0 Å². The minimum atomic E-state index is -0.728. The zero-order valence-electron chi connectivity index (χ0n) is 15.6. The second-order valence-corrected chi connectivity index (χ2v) is 9.06. The van der Waals surface area contributed by atoms with Crippen LogP contribution in [0.2, 0.25) is 0 Å². The van der Waals surface area contributed by atoms with Crippen molar-refractivity contribution < 1.29 is 10.2 Å². The van der Waals surface area contributed by atoms with E-state index < -0.39 is 5.60 Å². The Balaban J connectivity index is 1.56. The fraction of sp³-hybridized carbons (Fsp3) is 0.350. The molecule has 0 atom stereocenters. The molecular formula is C20H22N4O2S2. The van der Waals surface area contributed by atoms with E-state index in [1.54, 1.807) is 17.5 Å². The van der Waals surface area contributed by atoms with Gasteiger partial charge in [0.2, 0.25) is 5.95 Å². The van der Waals surface area contributed by atoms with Crippen LogP contribution in [0.25, 0.3) is 10.4 Å². The highest BCUT2D eigenvalue weighted by atomic mass is 32.2. The third-order valence-electron chi connectivity index (χ3n) is 4.67. The molecule has 2 heterocycles. The highest BCUT2D eigenvalue weighted by Gasteiger charge is 2.39. The number of nitrogens with zero attached hydrogens (tertiary/aromatic N) is 3. The zero-order valence-corrected chi connectivity index (χ0v) is 17.2. The predicted molar refractivity (Wildman–Crippen MR) is 113 cm³/mol. The van der Waals surface area contributed by atoms with Gasteiger partial charge in [0, 0.05) is 23.8 Å². The number of hydrogen-bond donors (Lipinski definition) is 3. The van der Waals surface area contributed by atoms with Gasteiger partial charge in [-0.1, -0.05) is 6.07 Å². The Morgan fingerprint density at radius 3 is 2.86 bits per heavy atom. The van der Waals surface area contributed by atoms with E-state index in [-0.39, 0.29) is 6.61 Å². The highest BCUT2D eigenvalue weighted by Crippen LogP contribution is 2.44. The maximum absolute atomic E-state index is 10.5. The van der Waals surface area contributed by atoms with Crippen LogP contribution in [0.5, 0.6) is 0 Å². The van der Waals surface area contributed by atoms with Crippen molar-refractivity contribution in [3.63, 3.8) is 0 Å². The fourth-order valence-corrected chi connectivity index (χ4v) is 4.77. The molecular weight excluding hydrogens is 392 g/mol. The van der Waals surface area contributed by atoms with E-state index >= 15 is 0 Å². The molecule has 0 radical (unpaired) electrons. The molecule has 28 heavy (non-hydrogen) atoms. The Kier molecular flexibility index (Phi) is 5.63. The summed E-state index contributed by atoms with van der Waals surface area (Å²) >= 11 is 3.05. The summed E-state index contributed by atoms with van der Waals surface area (Å²) in [5.41, 5.74) is 2.34. The molecule has 4 rings (SSSR count). The quantitative estimate of drug-likeness (QED) is 0.396. The first kappa shape index (κ1) is 19.3. The minimum Gasteiger partial charge on any atom is -0.396 e. The molecule has 6 nitrogen and oxygen atoms in total. The van der Waals surface area contributed by atoms with Crippen LogP contribution < -0.4 is 5.32 Å². The Morgan fingerprint density at radius 2 is 2.11 bits per heavy atom. The molecule has 0 aliphatic heterocycles. The number of anilines is 2. The lowest BCUT2D eigenvalue weighted by Crippen LogP contribution is -2.33. The van der Waals surface area contributed by atoms with Crippen LogP contribution in [-0.4, -0.2) is 37.5 Å². The van der Waals surface area contributed by atoms with E-state index in [0.717, 1.165) is 51.0 Å². The molecule has 0 bridgehead atoms. The van der Waals surface area contributed by atoms with Crippen LogP contribution in [-0.2, 0) is 5.60 Å². The third-order valence-corrected chi connectivity index (χ3v) is 6.82. The Bertz CT molecular complexity index is 972. The molecule has 0 saturated heterocycles. The number of thiazole rings is 1. The summed E-state index contributed by atoms with van der Waals surface area (Å²) in [6, 6.07) is 8.03. The van der Waals surface area contributed by atoms with E-state index in [2.05, 4.69) is 26.3 Å². The van der Waals surface area contributed by atoms with Crippen molar-refractivity contribution in [1.29, 1.82) is 0 Å². The molecule has 0 amide bonds. The summed E-state index contributed by atoms with van der Waals surface area (Å²) in [5, 5.41) is 24.4. The van der Waals surface area contributed by atoms with Crippen LogP contribution in [0, 0.1) is 6.92 Å². The standard InChI is InChI=1S/C20H22N4O2S2/c1-13-9-14(16-12-22-18(28-16)20(26)4-2-5-20)11-15(10-13)23-19-21-6-3-17(24-19)27-8-7-25/h3,6,9-12,25-26H,2,4-5,7-8H2,1H3,(H,21,23,24). The minimum absolute atomic E-state index is 0.116. The topological polar surface area (TPSA) is 91.2 Å². The Hall–Kier alpha value is -2.00. The summed E-state index contributed by atoms with van der Waals surface area (Å²) in [6.45, 7) is 2.16. The van der Waals surface area contributed by atoms with Gasteiger partial charge in [-0.2, -0.15) is 0 Å². The van der Waals surface area contributed by atoms with Crippen molar-refractivity contribution in [2.75, 3.05) is 17.7 Å². The van der Waals surface area contributed by atoms with Gasteiger partial charge in [0.25, 0.3) is 0 Å². The molecule has 0 spiro atoms. The van der Waals surface area contributed by atoms with E-state index in [1.807, 2.05) is 31.3 Å². The Morgan fingerprint density at radius 1 is 1.25 bits per heavy atom. The molecule has 0 unspecified atom stereocenters. The van der Waals surface area contributed by atoms with Gasteiger partial charge >= 0.3 is 0 Å². The second-order valence-electron chi connectivity index (χ2n) is 6.92. The molecule has 1 aliphatic carbocycles. The summed E-state index contributed by atoms with van der Waals surface area (Å²) in [7, 11) is 0. The third kappa shape index (κ3) is 4.20. The SMILES string of the molecule is Cc1cc(Nc2nccc(SCCO)n2)cc(-c2cnc(C3(O)CCC3)s2)c1. The van der Waals surface area contributed by atoms with Gasteiger partial charge in [0.1, 0.15) is 15.6 Å². The van der Waals surface area contributed by atoms with Gasteiger partial charge in [-0.15, -0.1) is 23.1 Å². The number of aryl methyl sites for hydroxylation is 1. The zero-order chi connectivity index (χ0) is 19.6. The van der Waals surface area contributed by atoms with Crippen molar-refractivity contribution in [3.8, 4) is 10.4 Å². The predicted octanol–water partition coefficient (Wildman–Crippen LogP) is 4.11. The highest BCUT2D eigenvalue weighted by molar-refractivity contribution is 7.99. The Labute approximate surface area is 172 Å². The number of nitrogens with one attached hydrogen (secondary N) is 1. The van der Waals surface area contributed by atoms with Gasteiger partial charge in [0.05, 0.1) is 11.5 Å². The number of aromatic nitrogens is 3. The lowest BCUT2D eigenvalue weighted by molar-refractivity contribution is -0.0389. The van der Waals surface area contributed by atoms with Crippen LogP contribution >= 0.6 is 23.1 Å². The number of thioether (sulfide) groups is 1. The summed E-state index contributed by atoms with van der Waals surface area (Å²) in [4.78, 5) is 14.3. The van der Waals surface area contributed by atoms with Crippen LogP contribution in [0.15, 0.2) is 41.7 Å². The van der Waals surface area contributed by atoms with Gasteiger partial charge < -0.3 is 15.5 Å². The van der Waals surface area contributed by atoms with Crippen molar-refractivity contribution in [3.05, 3.63) is 47.2 Å². The van der Waals surface area contributed by atoms with Crippen LogP contribution in [0.1, 0.15) is 29.8 Å². The smallest absolute Gasteiger partial charge is 0.228 e. The first-order valence-electron chi connectivity index (χ1n) is 9.20. The van der Waals surface area contributed by atoms with Gasteiger partial charge in [0.15, 0.2) is 0 Å². The molecule has 3 N–H and O–H groups in total. The number of aliphatic hydroxyl groups is 2. The number of hydrogen-bond acceptors (Lipinski definition) is 8. The lowest BCUT2D eigenvalue weighted by atomic mass is 9.81. The van der Waals surface area contributed by atoms with Crippen molar-refractivity contribution in [2.45, 2.75) is 36.8 Å². The van der Waals surface area contributed by atoms with Gasteiger partial charge in [-0.05, 0) is 55.5 Å². The van der Waals surface area contributed by atoms with Gasteiger partial charge in [-0.25, -0.2) is 15.0 Å². The van der Waals surface area contributed by atoms with Crippen molar-refractivity contribution in [1.82, 2.24) is 15.0 Å². The monoisotopic (exact) mass is 414 g/mol. The average Bonchev–Trinajstić information content (AvgIpc) is 3.15. The first-order valence-corrected chi connectivity index (χ1v) is 11.0. The van der Waals surface area contributed by atoms with Gasteiger partial charge in [-0.3, -0.25) is 0 Å².